The molecule has 0 heterocycles. The van der Waals surface area contributed by atoms with E-state index in [1.807, 2.05) is 0 Å². The Hall–Kier alpha value is 3.63. The zero-order valence-electron chi connectivity index (χ0n) is 8.29. The van der Waals surface area contributed by atoms with E-state index in [-0.39, 0.29) is 134 Å². The fourth-order valence-corrected chi connectivity index (χ4v) is 2.14. The molecular weight excluding hydrogens is 555 g/mol. The first-order valence-corrected chi connectivity index (χ1v) is 4.75. The van der Waals surface area contributed by atoms with E-state index in [1.165, 1.54) is 0 Å². The Bertz CT molecular complexity index is 64.3. The van der Waals surface area contributed by atoms with Gasteiger partial charge in [-0.25, -0.2) is 0 Å². The van der Waals surface area contributed by atoms with Gasteiger partial charge in [0.05, 0.1) is 0 Å². The zero-order chi connectivity index (χ0) is 4.99. The molecule has 0 bridgehead atoms. The van der Waals surface area contributed by atoms with Gasteiger partial charge in [-0.1, -0.05) is 0 Å². The molecule has 0 aliphatic carbocycles. The quantitative estimate of drug-likeness (QED) is 0.337. The molecule has 0 aromatic rings. The largest absolute Gasteiger partial charge is 2.00 e. The van der Waals surface area contributed by atoms with E-state index >= 15 is 0 Å². The van der Waals surface area contributed by atoms with Crippen molar-refractivity contribution in [2.45, 2.75) is 0 Å². The maximum atomic E-state index is 9.82. The van der Waals surface area contributed by atoms with Crippen molar-refractivity contribution in [2.24, 2.45) is 0 Å². The van der Waals surface area contributed by atoms with Gasteiger partial charge < -0.3 is 5.71 Å². The van der Waals surface area contributed by atoms with Crippen molar-refractivity contribution in [3.8, 4) is 0 Å². The second-order valence-electron chi connectivity index (χ2n) is 0.486. The van der Waals surface area contributed by atoms with Crippen molar-refractivity contribution < 1.29 is 15.9 Å². The van der Waals surface area contributed by atoms with E-state index in [0.717, 1.165) is 0 Å². The average molecular weight is 561 g/mol. The molecule has 0 fully saturated rings. The van der Waals surface area contributed by atoms with Crippen molar-refractivity contribution in [3.63, 3.8) is 0 Å². The molecule has 0 N–H and O–H groups in total. The third-order valence-electron chi connectivity index (χ3n) is 0.192. The molecule has 0 saturated carbocycles. The van der Waals surface area contributed by atoms with Crippen LogP contribution in [0, 0.1) is 0 Å². The molecule has 3 nitrogen and oxygen atoms in total. The van der Waals surface area contributed by atoms with Crippen LogP contribution in [0.4, 0.5) is 4.79 Å². The van der Waals surface area contributed by atoms with E-state index in [2.05, 4.69) is 5.37 Å². The summed E-state index contributed by atoms with van der Waals surface area (Å²) in [6, 6.07) is 0. The number of carbonyl (C=O) groups excluding carboxylic acids is 1. The first kappa shape index (κ1) is 17.6. The minimum absolute atomic E-state index is 0. The second-order valence-corrected chi connectivity index (χ2v) is 2.32. The maximum Gasteiger partial charge on any atom is 2.00 e. The van der Waals surface area contributed by atoms with Crippen molar-refractivity contribution in [1.82, 2.24) is 0 Å². The zero-order valence-corrected chi connectivity index (χ0v) is 17.7. The molecule has 7 heteroatoms. The first-order valence-electron chi connectivity index (χ1n) is 1.08. The van der Waals surface area contributed by atoms with Crippen LogP contribution in [0.1, 0.15) is 5.71 Å². The third-order valence-corrected chi connectivity index (χ3v) is 1.69. The van der Waals surface area contributed by atoms with Gasteiger partial charge in [0.2, 0.25) is 0 Å². The van der Waals surface area contributed by atoms with Crippen molar-refractivity contribution in [2.75, 3.05) is 0 Å². The van der Waals surface area contributed by atoms with Gasteiger partial charge >= 0.3 is 144 Å². The molecule has 0 aromatic carbocycles. The Morgan fingerprint density at radius 3 is 1.50 bits per heavy atom. The van der Waals surface area contributed by atoms with Crippen LogP contribution >= 0.6 is 0 Å². The van der Waals surface area contributed by atoms with Crippen molar-refractivity contribution >= 4 is 134 Å². The van der Waals surface area contributed by atoms with Crippen LogP contribution in [-0.4, -0.2) is 134 Å². The normalized spacial score (nSPS) is 5.25. The fourth-order valence-electron chi connectivity index (χ4n) is 0.0278. The monoisotopic (exact) mass is 562 g/mol. The summed E-state index contributed by atoms with van der Waals surface area (Å²) in [6.45, 7) is 0. The van der Waals surface area contributed by atoms with Crippen LogP contribution in [0.15, 0.2) is 0 Å². The van der Waals surface area contributed by atoms with Crippen LogP contribution in [0.5, 0.6) is 0 Å². The molecule has 0 aromatic heterocycles. The van der Waals surface area contributed by atoms with Crippen LogP contribution < -0.4 is 0 Å². The summed E-state index contributed by atoms with van der Waals surface area (Å²) in [6.07, 6.45) is -0.509. The van der Waals surface area contributed by atoms with Crippen molar-refractivity contribution in [3.05, 3.63) is 0 Å². The molecular formula is CH6Ca2O3Pb2. The van der Waals surface area contributed by atoms with Crippen LogP contribution in [0.2, 0.25) is 0 Å². The Balaban J connectivity index is -0.00000000833. The Labute approximate surface area is 146 Å². The second kappa shape index (κ2) is 13.2. The molecule has 0 aliphatic rings. The number of carbonyl (C=O) groups is 1. The summed E-state index contributed by atoms with van der Waals surface area (Å²) in [7, 11) is 0. The summed E-state index contributed by atoms with van der Waals surface area (Å²) in [4.78, 5) is 9.82. The van der Waals surface area contributed by atoms with Gasteiger partial charge in [-0.15, -0.1) is 0 Å². The first-order chi connectivity index (χ1) is 2.81. The topological polar surface area (TPSA) is 35.5 Å². The Morgan fingerprint density at radius 2 is 1.50 bits per heavy atom. The van der Waals surface area contributed by atoms with Crippen LogP contribution in [0.3, 0.4) is 0 Å². The fraction of sp³-hybridized carbons (Fsp3) is 0. The van der Waals surface area contributed by atoms with Gasteiger partial charge in [0.1, 0.15) is 0 Å². The van der Waals surface area contributed by atoms with E-state index in [1.54, 1.807) is 0 Å². The smallest absolute Gasteiger partial charge is 1.00 e. The molecule has 0 amide bonds. The third kappa shape index (κ3) is 12.3. The van der Waals surface area contributed by atoms with Crippen LogP contribution in [0.25, 0.3) is 0 Å². The van der Waals surface area contributed by atoms with Crippen LogP contribution in [-0.2, 0) is 5.37 Å². The van der Waals surface area contributed by atoms with E-state index in [0.29, 0.717) is 0 Å². The van der Waals surface area contributed by atoms with Gasteiger partial charge in [-0.2, -0.15) is 0 Å². The molecule has 0 unspecified atom stereocenters. The number of hydrogen-bond donors (Lipinski definition) is 0. The molecule has 0 atom stereocenters. The minimum atomic E-state index is -0.509. The standard InChI is InChI=1S/CH2O3.2Ca.2Pb.6H/c2-1(3)4;;;;;;;;;;/h(H2,2,3,4);;;;;;;;;;/q;2*+2;2*+1;;;4*-1/p-2. The summed E-state index contributed by atoms with van der Waals surface area (Å²) in [5, 5.41) is 0. The Morgan fingerprint density at radius 1 is 1.25 bits per heavy atom. The molecule has 0 spiro atoms. The number of hydrogen-bond acceptors (Lipinski definition) is 3. The molecule has 8 heavy (non-hydrogen) atoms. The molecule has 40 valence electrons. The summed E-state index contributed by atoms with van der Waals surface area (Å²) in [5.41, 5.74) is 0. The molecule has 0 aliphatic heterocycles. The van der Waals surface area contributed by atoms with Gasteiger partial charge in [0, 0.05) is 0 Å². The SMILES string of the molecule is O=C([O][PbH])[O][PbH].[Ca+2].[Ca+2].[H-].[H-].[H-].[H-]. The van der Waals surface area contributed by atoms with E-state index in [4.69, 9.17) is 0 Å². The predicted octanol–water partition coefficient (Wildman–Crippen LogP) is -1.54. The predicted molar refractivity (Wildman–Crippen MR) is 37.8 cm³/mol. The van der Waals surface area contributed by atoms with E-state index in [9.17, 15) is 4.79 Å². The molecule has 4 radical (unpaired) electrons. The van der Waals surface area contributed by atoms with Gasteiger partial charge in [-0.3, -0.25) is 0 Å². The summed E-state index contributed by atoms with van der Waals surface area (Å²) >= 11 is 0.530. The van der Waals surface area contributed by atoms with E-state index < -0.39 is 6.16 Å². The molecule has 0 saturated heterocycles. The maximum absolute atomic E-state index is 9.82. The average Bonchev–Trinajstić information content (AvgIpc) is 1.65. The van der Waals surface area contributed by atoms with Crippen molar-refractivity contribution in [1.29, 1.82) is 0 Å². The summed E-state index contributed by atoms with van der Waals surface area (Å²) < 4.78 is 8.49. The minimum Gasteiger partial charge on any atom is -1.00 e. The van der Waals surface area contributed by atoms with Gasteiger partial charge in [0.25, 0.3) is 0 Å². The van der Waals surface area contributed by atoms with Gasteiger partial charge in [-0.05, 0) is 0 Å². The number of rotatable bonds is 0. The molecule has 0 rings (SSSR count). The summed E-state index contributed by atoms with van der Waals surface area (Å²) in [5.74, 6) is 0. The Kier molecular flexibility index (Phi) is 29.2. The van der Waals surface area contributed by atoms with Gasteiger partial charge in [0.15, 0.2) is 0 Å².